The SMILES string of the molecule is COc1nc(N)nc(Oc2cccc(C)c2C)n1. The minimum atomic E-state index is 0.0576. The van der Waals surface area contributed by atoms with Crippen molar-refractivity contribution in [3.63, 3.8) is 0 Å². The highest BCUT2D eigenvalue weighted by atomic mass is 16.5. The Labute approximate surface area is 105 Å². The Morgan fingerprint density at radius 1 is 1.06 bits per heavy atom. The molecule has 2 aromatic rings. The Balaban J connectivity index is 2.34. The number of nitrogen functional groups attached to an aromatic ring is 1. The van der Waals surface area contributed by atoms with Crippen molar-refractivity contribution in [2.45, 2.75) is 13.8 Å². The van der Waals surface area contributed by atoms with Gasteiger partial charge in [0, 0.05) is 0 Å². The quantitative estimate of drug-likeness (QED) is 0.890. The van der Waals surface area contributed by atoms with Crippen molar-refractivity contribution in [3.05, 3.63) is 29.3 Å². The molecule has 1 aromatic heterocycles. The number of ether oxygens (including phenoxy) is 2. The average Bonchev–Trinajstić information content (AvgIpc) is 2.34. The van der Waals surface area contributed by atoms with Gasteiger partial charge in [-0.2, -0.15) is 9.97 Å². The molecule has 18 heavy (non-hydrogen) atoms. The lowest BCUT2D eigenvalue weighted by Crippen LogP contribution is -2.03. The van der Waals surface area contributed by atoms with Crippen LogP contribution in [0.25, 0.3) is 0 Å². The van der Waals surface area contributed by atoms with Gasteiger partial charge in [0.05, 0.1) is 7.11 Å². The molecule has 0 unspecified atom stereocenters. The van der Waals surface area contributed by atoms with Crippen LogP contribution in [0.5, 0.6) is 17.8 Å². The number of rotatable bonds is 3. The van der Waals surface area contributed by atoms with Gasteiger partial charge in [0.15, 0.2) is 0 Å². The zero-order valence-corrected chi connectivity index (χ0v) is 10.5. The number of hydrogen-bond donors (Lipinski definition) is 1. The smallest absolute Gasteiger partial charge is 0.330 e. The highest BCUT2D eigenvalue weighted by molar-refractivity contribution is 5.39. The Hall–Kier alpha value is -2.37. The Morgan fingerprint density at radius 2 is 1.78 bits per heavy atom. The van der Waals surface area contributed by atoms with Crippen LogP contribution >= 0.6 is 0 Å². The van der Waals surface area contributed by atoms with Crippen molar-refractivity contribution in [2.75, 3.05) is 12.8 Å². The molecule has 0 radical (unpaired) electrons. The summed E-state index contributed by atoms with van der Waals surface area (Å²) in [5.41, 5.74) is 7.68. The molecular weight excluding hydrogens is 232 g/mol. The number of aromatic nitrogens is 3. The molecule has 0 aliphatic carbocycles. The lowest BCUT2D eigenvalue weighted by Gasteiger charge is -2.09. The van der Waals surface area contributed by atoms with Gasteiger partial charge in [0.1, 0.15) is 5.75 Å². The van der Waals surface area contributed by atoms with Crippen LogP contribution in [0.4, 0.5) is 5.95 Å². The number of methoxy groups -OCH3 is 1. The van der Waals surface area contributed by atoms with E-state index in [9.17, 15) is 0 Å². The molecule has 0 aliphatic rings. The molecule has 0 aliphatic heterocycles. The molecule has 1 heterocycles. The number of benzene rings is 1. The van der Waals surface area contributed by atoms with Gasteiger partial charge in [0.2, 0.25) is 5.95 Å². The standard InChI is InChI=1S/C12H14N4O2/c1-7-5-4-6-9(8(7)2)18-12-15-10(13)14-11(16-12)17-3/h4-6H,1-3H3,(H2,13,14,15,16). The summed E-state index contributed by atoms with van der Waals surface area (Å²) in [6.45, 7) is 3.97. The Kier molecular flexibility index (Phi) is 3.27. The summed E-state index contributed by atoms with van der Waals surface area (Å²) in [6.07, 6.45) is 0. The van der Waals surface area contributed by atoms with E-state index in [4.69, 9.17) is 15.2 Å². The highest BCUT2D eigenvalue weighted by Gasteiger charge is 2.09. The number of aryl methyl sites for hydroxylation is 1. The van der Waals surface area contributed by atoms with Crippen LogP contribution in [0, 0.1) is 13.8 Å². The zero-order valence-electron chi connectivity index (χ0n) is 10.5. The number of hydrogen-bond acceptors (Lipinski definition) is 6. The van der Waals surface area contributed by atoms with Crippen LogP contribution in [-0.2, 0) is 0 Å². The van der Waals surface area contributed by atoms with Crippen LogP contribution in [0.15, 0.2) is 18.2 Å². The molecule has 6 nitrogen and oxygen atoms in total. The molecule has 0 fully saturated rings. The first-order valence-corrected chi connectivity index (χ1v) is 5.39. The first kappa shape index (κ1) is 12.1. The monoisotopic (exact) mass is 246 g/mol. The summed E-state index contributed by atoms with van der Waals surface area (Å²) < 4.78 is 10.5. The number of nitrogens with two attached hydrogens (primary N) is 1. The molecule has 0 amide bonds. The van der Waals surface area contributed by atoms with Crippen molar-refractivity contribution >= 4 is 5.95 Å². The molecule has 2 rings (SSSR count). The maximum absolute atomic E-state index is 5.59. The maximum atomic E-state index is 5.59. The van der Waals surface area contributed by atoms with Gasteiger partial charge in [-0.05, 0) is 31.0 Å². The Bertz CT molecular complexity index is 572. The van der Waals surface area contributed by atoms with Gasteiger partial charge in [-0.3, -0.25) is 0 Å². The first-order chi connectivity index (χ1) is 8.60. The third-order valence-corrected chi connectivity index (χ3v) is 2.55. The van der Waals surface area contributed by atoms with Crippen LogP contribution in [-0.4, -0.2) is 22.1 Å². The summed E-state index contributed by atoms with van der Waals surface area (Å²) in [4.78, 5) is 11.7. The van der Waals surface area contributed by atoms with Gasteiger partial charge in [-0.25, -0.2) is 0 Å². The molecule has 2 N–H and O–H groups in total. The first-order valence-electron chi connectivity index (χ1n) is 5.39. The van der Waals surface area contributed by atoms with Gasteiger partial charge >= 0.3 is 12.0 Å². The molecule has 0 saturated carbocycles. The van der Waals surface area contributed by atoms with Gasteiger partial charge in [0.25, 0.3) is 0 Å². The van der Waals surface area contributed by atoms with Gasteiger partial charge in [-0.15, -0.1) is 4.98 Å². The van der Waals surface area contributed by atoms with Crippen molar-refractivity contribution in [1.82, 2.24) is 15.0 Å². The summed E-state index contributed by atoms with van der Waals surface area (Å²) in [6, 6.07) is 5.99. The summed E-state index contributed by atoms with van der Waals surface area (Å²) >= 11 is 0. The van der Waals surface area contributed by atoms with E-state index in [1.165, 1.54) is 7.11 Å². The van der Waals surface area contributed by atoms with Crippen LogP contribution in [0.1, 0.15) is 11.1 Å². The molecular formula is C12H14N4O2. The fourth-order valence-corrected chi connectivity index (χ4v) is 1.42. The van der Waals surface area contributed by atoms with Gasteiger partial charge in [-0.1, -0.05) is 12.1 Å². The second-order valence-corrected chi connectivity index (χ2v) is 3.76. The predicted octanol–water partition coefficient (Wildman–Crippen LogP) is 1.87. The van der Waals surface area contributed by atoms with Crippen molar-refractivity contribution < 1.29 is 9.47 Å². The molecule has 0 atom stereocenters. The van der Waals surface area contributed by atoms with Gasteiger partial charge < -0.3 is 15.2 Å². The van der Waals surface area contributed by atoms with Crippen molar-refractivity contribution in [2.24, 2.45) is 0 Å². The number of nitrogens with zero attached hydrogens (tertiary/aromatic N) is 3. The largest absolute Gasteiger partial charge is 0.467 e. The molecule has 0 spiro atoms. The molecule has 0 saturated heterocycles. The highest BCUT2D eigenvalue weighted by Crippen LogP contribution is 2.25. The molecule has 94 valence electrons. The third kappa shape index (κ3) is 2.48. The van der Waals surface area contributed by atoms with E-state index >= 15 is 0 Å². The van der Waals surface area contributed by atoms with E-state index in [1.807, 2.05) is 32.0 Å². The van der Waals surface area contributed by atoms with Crippen LogP contribution in [0.3, 0.4) is 0 Å². The molecule has 0 bridgehead atoms. The summed E-state index contributed by atoms with van der Waals surface area (Å²) in [7, 11) is 1.45. The summed E-state index contributed by atoms with van der Waals surface area (Å²) in [5.74, 6) is 0.741. The maximum Gasteiger partial charge on any atom is 0.330 e. The molecule has 1 aromatic carbocycles. The fraction of sp³-hybridized carbons (Fsp3) is 0.250. The van der Waals surface area contributed by atoms with E-state index in [0.29, 0.717) is 5.75 Å². The van der Waals surface area contributed by atoms with Crippen LogP contribution < -0.4 is 15.2 Å². The topological polar surface area (TPSA) is 83.2 Å². The predicted molar refractivity (Wildman–Crippen MR) is 66.8 cm³/mol. The van der Waals surface area contributed by atoms with E-state index in [1.54, 1.807) is 0 Å². The normalized spacial score (nSPS) is 10.2. The fourth-order valence-electron chi connectivity index (χ4n) is 1.42. The zero-order chi connectivity index (χ0) is 13.1. The van der Waals surface area contributed by atoms with Crippen LogP contribution in [0.2, 0.25) is 0 Å². The van der Waals surface area contributed by atoms with E-state index in [-0.39, 0.29) is 18.0 Å². The van der Waals surface area contributed by atoms with Crippen molar-refractivity contribution in [1.29, 1.82) is 0 Å². The summed E-state index contributed by atoms with van der Waals surface area (Å²) in [5, 5.41) is 0. The average molecular weight is 246 g/mol. The second-order valence-electron chi connectivity index (χ2n) is 3.76. The van der Waals surface area contributed by atoms with E-state index in [0.717, 1.165) is 11.1 Å². The lowest BCUT2D eigenvalue weighted by molar-refractivity contribution is 0.360. The van der Waals surface area contributed by atoms with Crippen molar-refractivity contribution in [3.8, 4) is 17.8 Å². The Morgan fingerprint density at radius 3 is 2.50 bits per heavy atom. The number of anilines is 1. The lowest BCUT2D eigenvalue weighted by atomic mass is 10.1. The van der Waals surface area contributed by atoms with E-state index < -0.39 is 0 Å². The van der Waals surface area contributed by atoms with E-state index in [2.05, 4.69) is 15.0 Å². The third-order valence-electron chi connectivity index (χ3n) is 2.55. The molecule has 6 heteroatoms. The minimum absolute atomic E-state index is 0.0576. The second kappa shape index (κ2) is 4.87. The minimum Gasteiger partial charge on any atom is -0.467 e.